The second-order valence-electron chi connectivity index (χ2n) is 3.49. The Morgan fingerprint density at radius 3 is 2.00 bits per heavy atom. The first-order valence-corrected chi connectivity index (χ1v) is 4.16. The van der Waals surface area contributed by atoms with Gasteiger partial charge in [0.1, 0.15) is 12.1 Å². The molecule has 0 spiro atoms. The van der Waals surface area contributed by atoms with Crippen LogP contribution in [0, 0.1) is 0 Å². The fourth-order valence-corrected chi connectivity index (χ4v) is 0.931. The van der Waals surface area contributed by atoms with Crippen molar-refractivity contribution in [1.29, 1.82) is 0 Å². The van der Waals surface area contributed by atoms with Crippen LogP contribution >= 0.6 is 0 Å². The zero-order chi connectivity index (χ0) is 11.6. The van der Waals surface area contributed by atoms with E-state index in [1.54, 1.807) is 0 Å². The number of aliphatic hydroxyl groups is 1. The molecule has 0 fully saturated rings. The van der Waals surface area contributed by atoms with E-state index in [1.165, 1.54) is 6.92 Å². The fraction of sp³-hybridized carbons (Fsp3) is 0.875. The van der Waals surface area contributed by atoms with Crippen molar-refractivity contribution in [3.63, 3.8) is 0 Å². The Bertz CT molecular complexity index is 208. The lowest BCUT2D eigenvalue weighted by Gasteiger charge is -2.28. The van der Waals surface area contributed by atoms with Gasteiger partial charge in [-0.05, 0) is 20.8 Å². The van der Waals surface area contributed by atoms with Crippen LogP contribution in [0.15, 0.2) is 0 Å². The van der Waals surface area contributed by atoms with Crippen LogP contribution in [-0.4, -0.2) is 40.8 Å². The molecule has 0 aromatic rings. The predicted octanol–water partition coefficient (Wildman–Crippen LogP) is 1.17. The van der Waals surface area contributed by atoms with Gasteiger partial charge >= 0.3 is 6.18 Å². The zero-order valence-corrected chi connectivity index (χ0v) is 8.35. The van der Waals surface area contributed by atoms with E-state index in [4.69, 9.17) is 0 Å². The molecule has 0 aromatic carbocycles. The van der Waals surface area contributed by atoms with Crippen LogP contribution in [0.25, 0.3) is 0 Å². The Hall–Kier alpha value is -0.780. The molecule has 0 aromatic heterocycles. The third kappa shape index (κ3) is 4.45. The van der Waals surface area contributed by atoms with E-state index in [-0.39, 0.29) is 6.54 Å². The van der Waals surface area contributed by atoms with E-state index in [2.05, 4.69) is 0 Å². The van der Waals surface area contributed by atoms with E-state index in [1.807, 2.05) is 0 Å². The number of rotatable bonds is 3. The van der Waals surface area contributed by atoms with Crippen LogP contribution in [0.3, 0.4) is 0 Å². The van der Waals surface area contributed by atoms with Crippen LogP contribution in [0.4, 0.5) is 13.2 Å². The molecule has 84 valence electrons. The number of hydrogen-bond acceptors (Lipinski definition) is 2. The molecular weight excluding hydrogens is 199 g/mol. The van der Waals surface area contributed by atoms with Gasteiger partial charge in [0.2, 0.25) is 0 Å². The molecule has 0 unspecified atom stereocenters. The highest BCUT2D eigenvalue weighted by molar-refractivity contribution is 5.84. The molecule has 0 aliphatic rings. The van der Waals surface area contributed by atoms with Gasteiger partial charge < -0.3 is 10.0 Å². The van der Waals surface area contributed by atoms with E-state index in [0.29, 0.717) is 4.90 Å². The Labute approximate surface area is 80.5 Å². The van der Waals surface area contributed by atoms with Crippen molar-refractivity contribution in [2.45, 2.75) is 32.5 Å². The number of carbonyl (C=O) groups is 1. The molecule has 0 radical (unpaired) electrons. The molecule has 0 saturated carbocycles. The molecular formula is C8H14F3NO2. The molecule has 1 N–H and O–H groups in total. The van der Waals surface area contributed by atoms with Gasteiger partial charge in [-0.25, -0.2) is 0 Å². The smallest absolute Gasteiger partial charge is 0.381 e. The summed E-state index contributed by atoms with van der Waals surface area (Å²) in [6, 6.07) is 0. The lowest BCUT2D eigenvalue weighted by molar-refractivity contribution is -0.170. The minimum Gasteiger partial charge on any atom is -0.381 e. The summed E-state index contributed by atoms with van der Waals surface area (Å²) in [7, 11) is 0. The van der Waals surface area contributed by atoms with E-state index < -0.39 is 24.2 Å². The van der Waals surface area contributed by atoms with Gasteiger partial charge in [0.15, 0.2) is 0 Å². The summed E-state index contributed by atoms with van der Waals surface area (Å²) in [5.41, 5.74) is -1.76. The largest absolute Gasteiger partial charge is 0.406 e. The number of carbonyl (C=O) groups excluding carboxylic acids is 1. The van der Waals surface area contributed by atoms with E-state index in [0.717, 1.165) is 13.8 Å². The summed E-state index contributed by atoms with van der Waals surface area (Å²) in [4.78, 5) is 11.8. The van der Waals surface area contributed by atoms with E-state index in [9.17, 15) is 23.1 Å². The van der Waals surface area contributed by atoms with Crippen LogP contribution in [-0.2, 0) is 4.79 Å². The minimum absolute atomic E-state index is 0.0810. The van der Waals surface area contributed by atoms with Crippen molar-refractivity contribution in [2.24, 2.45) is 0 Å². The molecule has 0 saturated heterocycles. The Kier molecular flexibility index (Phi) is 3.93. The van der Waals surface area contributed by atoms with Crippen LogP contribution in [0.2, 0.25) is 0 Å². The first-order chi connectivity index (χ1) is 6.08. The number of hydrogen-bond donors (Lipinski definition) is 1. The van der Waals surface area contributed by atoms with Gasteiger partial charge in [0, 0.05) is 6.54 Å². The number of likely N-dealkylation sites (N-methyl/N-ethyl adjacent to an activating group) is 1. The van der Waals surface area contributed by atoms with E-state index >= 15 is 0 Å². The van der Waals surface area contributed by atoms with Gasteiger partial charge in [0.05, 0.1) is 0 Å². The van der Waals surface area contributed by atoms with Crippen molar-refractivity contribution in [1.82, 2.24) is 4.90 Å². The Morgan fingerprint density at radius 1 is 1.36 bits per heavy atom. The molecule has 0 atom stereocenters. The van der Waals surface area contributed by atoms with Crippen molar-refractivity contribution in [2.75, 3.05) is 13.1 Å². The Morgan fingerprint density at radius 2 is 1.79 bits per heavy atom. The molecule has 6 heteroatoms. The minimum atomic E-state index is -4.43. The van der Waals surface area contributed by atoms with Crippen LogP contribution < -0.4 is 0 Å². The van der Waals surface area contributed by atoms with Crippen LogP contribution in [0.5, 0.6) is 0 Å². The molecule has 0 aliphatic heterocycles. The lowest BCUT2D eigenvalue weighted by Crippen LogP contribution is -2.48. The molecule has 0 bridgehead atoms. The van der Waals surface area contributed by atoms with Gasteiger partial charge in [0.25, 0.3) is 5.91 Å². The van der Waals surface area contributed by atoms with Crippen molar-refractivity contribution in [3.8, 4) is 0 Å². The zero-order valence-electron chi connectivity index (χ0n) is 8.35. The standard InChI is InChI=1S/C8H14F3NO2/c1-4-12(5-8(9,10)11)6(13)7(2,3)14/h14H,4-5H2,1-3H3. The first kappa shape index (κ1) is 13.2. The molecule has 0 rings (SSSR count). The number of nitrogens with zero attached hydrogens (tertiary/aromatic N) is 1. The topological polar surface area (TPSA) is 40.5 Å². The number of alkyl halides is 3. The SMILES string of the molecule is CCN(CC(F)(F)F)C(=O)C(C)(C)O. The summed E-state index contributed by atoms with van der Waals surface area (Å²) in [5, 5.41) is 9.23. The van der Waals surface area contributed by atoms with Crippen molar-refractivity contribution >= 4 is 5.91 Å². The molecule has 0 heterocycles. The molecule has 0 aliphatic carbocycles. The normalized spacial score (nSPS) is 12.8. The third-order valence-electron chi connectivity index (χ3n) is 1.56. The third-order valence-corrected chi connectivity index (χ3v) is 1.56. The second kappa shape index (κ2) is 4.16. The van der Waals surface area contributed by atoms with Gasteiger partial charge in [-0.3, -0.25) is 4.79 Å². The molecule has 14 heavy (non-hydrogen) atoms. The van der Waals surface area contributed by atoms with Gasteiger partial charge in [-0.2, -0.15) is 13.2 Å². The summed E-state index contributed by atoms with van der Waals surface area (Å²) < 4.78 is 35.9. The predicted molar refractivity (Wildman–Crippen MR) is 44.6 cm³/mol. The van der Waals surface area contributed by atoms with Gasteiger partial charge in [-0.15, -0.1) is 0 Å². The monoisotopic (exact) mass is 213 g/mol. The summed E-state index contributed by atoms with van der Waals surface area (Å²) in [5.74, 6) is -0.919. The highest BCUT2D eigenvalue weighted by Gasteiger charge is 2.36. The maximum Gasteiger partial charge on any atom is 0.406 e. The highest BCUT2D eigenvalue weighted by atomic mass is 19.4. The van der Waals surface area contributed by atoms with Crippen molar-refractivity contribution < 1.29 is 23.1 Å². The number of halogens is 3. The highest BCUT2D eigenvalue weighted by Crippen LogP contribution is 2.18. The molecule has 3 nitrogen and oxygen atoms in total. The summed E-state index contributed by atoms with van der Waals surface area (Å²) >= 11 is 0. The average Bonchev–Trinajstić information content (AvgIpc) is 1.95. The lowest BCUT2D eigenvalue weighted by atomic mass is 10.1. The average molecular weight is 213 g/mol. The maximum atomic E-state index is 12.0. The quantitative estimate of drug-likeness (QED) is 0.764. The van der Waals surface area contributed by atoms with Crippen molar-refractivity contribution in [3.05, 3.63) is 0 Å². The maximum absolute atomic E-state index is 12.0. The van der Waals surface area contributed by atoms with Gasteiger partial charge in [-0.1, -0.05) is 0 Å². The summed E-state index contributed by atoms with van der Waals surface area (Å²) in [6.45, 7) is 2.34. The summed E-state index contributed by atoms with van der Waals surface area (Å²) in [6.07, 6.45) is -4.43. The first-order valence-electron chi connectivity index (χ1n) is 4.16. The second-order valence-corrected chi connectivity index (χ2v) is 3.49. The fourth-order valence-electron chi connectivity index (χ4n) is 0.931. The van der Waals surface area contributed by atoms with Crippen LogP contribution in [0.1, 0.15) is 20.8 Å². The molecule has 1 amide bonds. The number of amides is 1. The Balaban J connectivity index is 4.51.